The number of hydrogen-bond donors (Lipinski definition) is 2. The van der Waals surface area contributed by atoms with Crippen molar-refractivity contribution in [3.8, 4) is 0 Å². The highest BCUT2D eigenvalue weighted by Gasteiger charge is 2.45. The Balaban J connectivity index is 0.000000963. The van der Waals surface area contributed by atoms with E-state index in [1.807, 2.05) is 0 Å². The average molecular weight is 244 g/mol. The summed E-state index contributed by atoms with van der Waals surface area (Å²) in [5.74, 6) is 1.67. The fourth-order valence-corrected chi connectivity index (χ4v) is 2.60. The molecule has 1 saturated carbocycles. The van der Waals surface area contributed by atoms with Crippen LogP contribution in [0.3, 0.4) is 0 Å². The highest BCUT2D eigenvalue weighted by molar-refractivity contribution is 6.09. The Bertz CT molecular complexity index is 319. The molecule has 5 heteroatoms. The predicted octanol–water partition coefficient (Wildman–Crippen LogP) is 0.859. The Kier molecular flexibility index (Phi) is 3.22. The van der Waals surface area contributed by atoms with Crippen molar-refractivity contribution in [3.05, 3.63) is 0 Å². The third kappa shape index (κ3) is 1.74. The Morgan fingerprint density at radius 2 is 1.94 bits per heavy atom. The van der Waals surface area contributed by atoms with Gasteiger partial charge >= 0.3 is 0 Å². The fourth-order valence-electron chi connectivity index (χ4n) is 2.60. The first kappa shape index (κ1) is 11.9. The summed E-state index contributed by atoms with van der Waals surface area (Å²) in [6, 6.07) is 0. The topological polar surface area (TPSA) is 53.5 Å². The summed E-state index contributed by atoms with van der Waals surface area (Å²) < 4.78 is 0. The molecule has 0 unspecified atom stereocenters. The van der Waals surface area contributed by atoms with Gasteiger partial charge in [-0.3, -0.25) is 9.79 Å². The van der Waals surface area contributed by atoms with E-state index in [-0.39, 0.29) is 18.3 Å². The van der Waals surface area contributed by atoms with E-state index < -0.39 is 5.54 Å². The van der Waals surface area contributed by atoms with E-state index in [9.17, 15) is 4.79 Å². The number of hydrogen-bond acceptors (Lipinski definition) is 3. The Labute approximate surface area is 102 Å². The van der Waals surface area contributed by atoms with Crippen LogP contribution in [0.5, 0.6) is 0 Å². The number of amides is 1. The van der Waals surface area contributed by atoms with Crippen molar-refractivity contribution >= 4 is 24.1 Å². The van der Waals surface area contributed by atoms with Crippen molar-refractivity contribution in [2.24, 2.45) is 10.9 Å². The lowest BCUT2D eigenvalue weighted by Gasteiger charge is -2.28. The van der Waals surface area contributed by atoms with Gasteiger partial charge in [-0.2, -0.15) is 0 Å². The van der Waals surface area contributed by atoms with Crippen molar-refractivity contribution in [2.75, 3.05) is 13.1 Å². The smallest absolute Gasteiger partial charge is 0.253 e. The normalized spacial score (nSPS) is 28.0. The minimum absolute atomic E-state index is 0. The summed E-state index contributed by atoms with van der Waals surface area (Å²) in [5.41, 5.74) is -0.407. The van der Waals surface area contributed by atoms with E-state index in [1.54, 1.807) is 0 Å². The summed E-state index contributed by atoms with van der Waals surface area (Å²) in [7, 11) is 0. The van der Waals surface area contributed by atoms with E-state index in [4.69, 9.17) is 4.99 Å². The maximum atomic E-state index is 12.0. The second-order valence-electron chi connectivity index (χ2n) is 4.86. The number of amidine groups is 1. The number of nitrogens with zero attached hydrogens (tertiary/aromatic N) is 1. The van der Waals surface area contributed by atoms with Crippen LogP contribution in [0.1, 0.15) is 32.1 Å². The van der Waals surface area contributed by atoms with Crippen LogP contribution in [0.25, 0.3) is 0 Å². The molecule has 2 aliphatic heterocycles. The first-order valence-corrected chi connectivity index (χ1v) is 5.92. The van der Waals surface area contributed by atoms with E-state index in [1.165, 1.54) is 19.3 Å². The predicted molar refractivity (Wildman–Crippen MR) is 65.0 cm³/mol. The van der Waals surface area contributed by atoms with Gasteiger partial charge in [-0.1, -0.05) is 6.42 Å². The molecule has 1 saturated heterocycles. The lowest BCUT2D eigenvalue weighted by molar-refractivity contribution is -0.124. The van der Waals surface area contributed by atoms with Crippen LogP contribution in [0.2, 0.25) is 0 Å². The van der Waals surface area contributed by atoms with Gasteiger partial charge in [0.15, 0.2) is 0 Å². The lowest BCUT2D eigenvalue weighted by atomic mass is 9.84. The average Bonchev–Trinajstić information content (AvgIpc) is 2.42. The summed E-state index contributed by atoms with van der Waals surface area (Å²) in [5, 5.41) is 6.28. The minimum atomic E-state index is -0.407. The van der Waals surface area contributed by atoms with Gasteiger partial charge in [-0.05, 0) is 38.8 Å². The van der Waals surface area contributed by atoms with E-state index >= 15 is 0 Å². The first-order valence-electron chi connectivity index (χ1n) is 5.92. The maximum absolute atomic E-state index is 12.0. The molecular weight excluding hydrogens is 226 g/mol. The third-order valence-corrected chi connectivity index (χ3v) is 3.92. The number of piperidine rings is 1. The molecule has 0 radical (unpaired) electrons. The molecule has 0 atom stereocenters. The molecule has 0 aromatic heterocycles. The summed E-state index contributed by atoms with van der Waals surface area (Å²) in [6.07, 6.45) is 5.40. The zero-order chi connectivity index (χ0) is 10.3. The molecular formula is C11H18ClN3O. The SMILES string of the molecule is Cl.O=C1NC(C2CCC2)=NC12CCNCC2. The molecule has 1 aliphatic carbocycles. The van der Waals surface area contributed by atoms with Crippen LogP contribution in [0.4, 0.5) is 0 Å². The minimum Gasteiger partial charge on any atom is -0.317 e. The van der Waals surface area contributed by atoms with Gasteiger partial charge in [-0.25, -0.2) is 0 Å². The van der Waals surface area contributed by atoms with Crippen LogP contribution >= 0.6 is 12.4 Å². The van der Waals surface area contributed by atoms with Crippen LogP contribution in [0, 0.1) is 5.92 Å². The van der Waals surface area contributed by atoms with Crippen molar-refractivity contribution in [2.45, 2.75) is 37.6 Å². The van der Waals surface area contributed by atoms with Gasteiger partial charge in [0.2, 0.25) is 0 Å². The van der Waals surface area contributed by atoms with Crippen molar-refractivity contribution in [1.29, 1.82) is 0 Å². The Morgan fingerprint density at radius 3 is 2.50 bits per heavy atom. The van der Waals surface area contributed by atoms with Crippen LogP contribution in [-0.4, -0.2) is 30.4 Å². The lowest BCUT2D eigenvalue weighted by Crippen LogP contribution is -2.47. The van der Waals surface area contributed by atoms with Crippen molar-refractivity contribution in [1.82, 2.24) is 10.6 Å². The molecule has 4 nitrogen and oxygen atoms in total. The number of carbonyl (C=O) groups excluding carboxylic acids is 1. The maximum Gasteiger partial charge on any atom is 0.253 e. The van der Waals surface area contributed by atoms with Gasteiger partial charge in [0.05, 0.1) is 0 Å². The molecule has 16 heavy (non-hydrogen) atoms. The molecule has 0 aromatic carbocycles. The fraction of sp³-hybridized carbons (Fsp3) is 0.818. The number of nitrogens with one attached hydrogen (secondary N) is 2. The van der Waals surface area contributed by atoms with Gasteiger partial charge in [0.25, 0.3) is 5.91 Å². The van der Waals surface area contributed by atoms with Crippen molar-refractivity contribution in [3.63, 3.8) is 0 Å². The molecule has 0 aromatic rings. The second kappa shape index (κ2) is 4.34. The van der Waals surface area contributed by atoms with E-state index in [0.717, 1.165) is 31.8 Å². The van der Waals surface area contributed by atoms with Gasteiger partial charge in [0, 0.05) is 5.92 Å². The third-order valence-electron chi connectivity index (χ3n) is 3.92. The zero-order valence-electron chi connectivity index (χ0n) is 9.29. The van der Waals surface area contributed by atoms with Crippen LogP contribution in [-0.2, 0) is 4.79 Å². The van der Waals surface area contributed by atoms with E-state index in [2.05, 4.69) is 10.6 Å². The summed E-state index contributed by atoms with van der Waals surface area (Å²) in [4.78, 5) is 16.7. The Morgan fingerprint density at radius 1 is 1.25 bits per heavy atom. The molecule has 2 fully saturated rings. The standard InChI is InChI=1S/C11H17N3O.ClH/c15-10-11(4-6-12-7-5-11)14-9(13-10)8-2-1-3-8;/h8,12H,1-7H2,(H,13,14,15);1H. The summed E-state index contributed by atoms with van der Waals surface area (Å²) >= 11 is 0. The van der Waals surface area contributed by atoms with Crippen molar-refractivity contribution < 1.29 is 4.79 Å². The highest BCUT2D eigenvalue weighted by atomic mass is 35.5. The monoisotopic (exact) mass is 243 g/mol. The molecule has 2 heterocycles. The van der Waals surface area contributed by atoms with Gasteiger partial charge in [-0.15, -0.1) is 12.4 Å². The number of halogens is 1. The number of carbonyl (C=O) groups is 1. The molecule has 3 aliphatic rings. The Hall–Kier alpha value is -0.610. The highest BCUT2D eigenvalue weighted by Crippen LogP contribution is 2.34. The van der Waals surface area contributed by atoms with Gasteiger partial charge in [0.1, 0.15) is 11.4 Å². The molecule has 90 valence electrons. The molecule has 0 bridgehead atoms. The van der Waals surface area contributed by atoms with E-state index in [0.29, 0.717) is 5.92 Å². The largest absolute Gasteiger partial charge is 0.317 e. The first-order chi connectivity index (χ1) is 7.30. The zero-order valence-corrected chi connectivity index (χ0v) is 10.1. The molecule has 1 spiro atoms. The number of rotatable bonds is 1. The molecule has 1 amide bonds. The second-order valence-corrected chi connectivity index (χ2v) is 4.86. The van der Waals surface area contributed by atoms with Gasteiger partial charge < -0.3 is 10.6 Å². The molecule has 2 N–H and O–H groups in total. The molecule has 3 rings (SSSR count). The van der Waals surface area contributed by atoms with Crippen LogP contribution in [0.15, 0.2) is 4.99 Å². The quantitative estimate of drug-likeness (QED) is 0.718. The number of aliphatic imine (C=N–C) groups is 1. The summed E-state index contributed by atoms with van der Waals surface area (Å²) in [6.45, 7) is 1.82. The van der Waals surface area contributed by atoms with Crippen LogP contribution < -0.4 is 10.6 Å².